The molecule has 0 aromatic heterocycles. The van der Waals surface area contributed by atoms with Crippen LogP contribution in [0.1, 0.15) is 48.8 Å². The Labute approximate surface area is 148 Å². The van der Waals surface area contributed by atoms with Crippen molar-refractivity contribution in [3.05, 3.63) is 65.2 Å². The molecule has 0 amide bonds. The van der Waals surface area contributed by atoms with Crippen molar-refractivity contribution in [2.24, 2.45) is 4.99 Å². The summed E-state index contributed by atoms with van der Waals surface area (Å²) in [7, 11) is 0. The summed E-state index contributed by atoms with van der Waals surface area (Å²) in [5.41, 5.74) is 5.20. The van der Waals surface area contributed by atoms with Gasteiger partial charge in [-0.25, -0.2) is 4.99 Å². The fourth-order valence-electron chi connectivity index (χ4n) is 3.71. The summed E-state index contributed by atoms with van der Waals surface area (Å²) < 4.78 is 0. The zero-order valence-electron chi connectivity index (χ0n) is 14.2. The maximum atomic E-state index is 5.23. The molecule has 1 saturated carbocycles. The first-order valence-electron chi connectivity index (χ1n) is 8.91. The number of fused-ring (bicyclic) bond motifs is 1. The van der Waals surface area contributed by atoms with E-state index in [4.69, 9.17) is 4.99 Å². The Balaban J connectivity index is 1.64. The molecule has 0 radical (unpaired) electrons. The monoisotopic (exact) mass is 336 g/mol. The van der Waals surface area contributed by atoms with E-state index in [9.17, 15) is 0 Å². The first-order chi connectivity index (χ1) is 11.8. The first kappa shape index (κ1) is 15.8. The van der Waals surface area contributed by atoms with Gasteiger partial charge in [-0.15, -0.1) is 11.8 Å². The number of aliphatic imine (C=N–C) groups is 1. The molecule has 0 bridgehead atoms. The van der Waals surface area contributed by atoms with Gasteiger partial charge in [0, 0.05) is 17.0 Å². The molecule has 0 atom stereocenters. The van der Waals surface area contributed by atoms with Gasteiger partial charge in [-0.1, -0.05) is 48.9 Å². The standard InChI is InChI=1S/C21H24N2S/c1-16-9-3-4-10-17(16)15-24-20-18-11-5-6-12-19(18)22-21(23-20)13-7-2-8-14-21/h3-6,9-12,22H,2,7-8,13-15H2,1H3. The van der Waals surface area contributed by atoms with Crippen LogP contribution in [0.5, 0.6) is 0 Å². The zero-order chi connectivity index (χ0) is 16.4. The average Bonchev–Trinajstić information content (AvgIpc) is 2.61. The second kappa shape index (κ2) is 6.64. The van der Waals surface area contributed by atoms with E-state index >= 15 is 0 Å². The minimum Gasteiger partial charge on any atom is -0.361 e. The number of nitrogens with one attached hydrogen (secondary N) is 1. The van der Waals surface area contributed by atoms with Crippen LogP contribution in [0.15, 0.2) is 53.5 Å². The van der Waals surface area contributed by atoms with Gasteiger partial charge in [0.05, 0.1) is 0 Å². The minimum absolute atomic E-state index is 0.0688. The van der Waals surface area contributed by atoms with Gasteiger partial charge < -0.3 is 5.32 Å². The highest BCUT2D eigenvalue weighted by Crippen LogP contribution is 2.40. The van der Waals surface area contributed by atoms with Gasteiger partial charge in [-0.3, -0.25) is 0 Å². The Morgan fingerprint density at radius 1 is 1.00 bits per heavy atom. The fourth-order valence-corrected chi connectivity index (χ4v) is 4.90. The molecule has 0 saturated heterocycles. The third kappa shape index (κ3) is 3.10. The fraction of sp³-hybridized carbons (Fsp3) is 0.381. The van der Waals surface area contributed by atoms with Gasteiger partial charge in [0.25, 0.3) is 0 Å². The molecule has 1 aliphatic heterocycles. The Bertz CT molecular complexity index is 760. The lowest BCUT2D eigenvalue weighted by Gasteiger charge is -2.39. The van der Waals surface area contributed by atoms with E-state index in [0.717, 1.165) is 18.6 Å². The molecule has 1 spiro atoms. The van der Waals surface area contributed by atoms with Crippen LogP contribution in [0.25, 0.3) is 0 Å². The second-order valence-electron chi connectivity index (χ2n) is 6.89. The third-order valence-electron chi connectivity index (χ3n) is 5.15. The molecule has 2 nitrogen and oxygen atoms in total. The summed E-state index contributed by atoms with van der Waals surface area (Å²) >= 11 is 1.88. The van der Waals surface area contributed by atoms with Crippen molar-refractivity contribution in [3.63, 3.8) is 0 Å². The molecular weight excluding hydrogens is 312 g/mol. The topological polar surface area (TPSA) is 24.4 Å². The van der Waals surface area contributed by atoms with Crippen molar-refractivity contribution in [3.8, 4) is 0 Å². The molecule has 124 valence electrons. The predicted octanol–water partition coefficient (Wildman–Crippen LogP) is 5.76. The molecule has 2 aromatic carbocycles. The molecule has 0 unspecified atom stereocenters. The molecule has 1 fully saturated rings. The lowest BCUT2D eigenvalue weighted by Crippen LogP contribution is -2.42. The highest BCUT2D eigenvalue weighted by Gasteiger charge is 2.35. The Kier molecular flexibility index (Phi) is 4.36. The number of rotatable bonds is 2. The summed E-state index contributed by atoms with van der Waals surface area (Å²) in [6.07, 6.45) is 6.18. The molecule has 1 aliphatic carbocycles. The number of hydrogen-bond donors (Lipinski definition) is 1. The van der Waals surface area contributed by atoms with E-state index in [1.807, 2.05) is 11.8 Å². The number of thioether (sulfide) groups is 1. The summed E-state index contributed by atoms with van der Waals surface area (Å²) in [6.45, 7) is 2.19. The van der Waals surface area contributed by atoms with Gasteiger partial charge in [-0.2, -0.15) is 0 Å². The van der Waals surface area contributed by atoms with Crippen LogP contribution in [0.4, 0.5) is 5.69 Å². The summed E-state index contributed by atoms with van der Waals surface area (Å²) in [5.74, 6) is 0.982. The van der Waals surface area contributed by atoms with E-state index < -0.39 is 0 Å². The Morgan fingerprint density at radius 3 is 2.58 bits per heavy atom. The van der Waals surface area contributed by atoms with Crippen LogP contribution in [0.3, 0.4) is 0 Å². The number of nitrogens with zero attached hydrogens (tertiary/aromatic N) is 1. The number of anilines is 1. The zero-order valence-corrected chi connectivity index (χ0v) is 15.0. The highest BCUT2D eigenvalue weighted by molar-refractivity contribution is 8.13. The van der Waals surface area contributed by atoms with Crippen LogP contribution in [-0.2, 0) is 5.75 Å². The first-order valence-corrected chi connectivity index (χ1v) is 9.89. The summed E-state index contributed by atoms with van der Waals surface area (Å²) in [5, 5.41) is 4.95. The van der Waals surface area contributed by atoms with Crippen molar-refractivity contribution in [1.82, 2.24) is 0 Å². The Hall–Kier alpha value is -1.74. The lowest BCUT2D eigenvalue weighted by molar-refractivity contribution is 0.335. The molecule has 24 heavy (non-hydrogen) atoms. The van der Waals surface area contributed by atoms with E-state index in [1.54, 1.807) is 0 Å². The van der Waals surface area contributed by atoms with E-state index in [1.165, 1.54) is 46.7 Å². The van der Waals surface area contributed by atoms with E-state index in [-0.39, 0.29) is 5.66 Å². The molecule has 1 heterocycles. The smallest absolute Gasteiger partial charge is 0.130 e. The van der Waals surface area contributed by atoms with Crippen LogP contribution in [0.2, 0.25) is 0 Å². The third-order valence-corrected chi connectivity index (χ3v) is 6.19. The Morgan fingerprint density at radius 2 is 1.75 bits per heavy atom. The largest absolute Gasteiger partial charge is 0.361 e. The number of para-hydroxylation sites is 1. The van der Waals surface area contributed by atoms with Crippen molar-refractivity contribution < 1.29 is 0 Å². The highest BCUT2D eigenvalue weighted by atomic mass is 32.2. The van der Waals surface area contributed by atoms with Crippen LogP contribution >= 0.6 is 11.8 Å². The van der Waals surface area contributed by atoms with Crippen LogP contribution < -0.4 is 5.32 Å². The minimum atomic E-state index is -0.0688. The van der Waals surface area contributed by atoms with Crippen LogP contribution in [-0.4, -0.2) is 10.7 Å². The van der Waals surface area contributed by atoms with E-state index in [2.05, 4.69) is 60.8 Å². The van der Waals surface area contributed by atoms with Gasteiger partial charge >= 0.3 is 0 Å². The van der Waals surface area contributed by atoms with Gasteiger partial charge in [0.1, 0.15) is 10.7 Å². The maximum absolute atomic E-state index is 5.23. The molecule has 2 aromatic rings. The number of aryl methyl sites for hydroxylation is 1. The van der Waals surface area contributed by atoms with Crippen molar-refractivity contribution in [2.75, 3.05) is 5.32 Å². The van der Waals surface area contributed by atoms with Gasteiger partial charge in [-0.05, 0) is 49.8 Å². The molecule has 4 rings (SSSR count). The molecule has 2 aliphatic rings. The lowest BCUT2D eigenvalue weighted by atomic mass is 9.88. The quantitative estimate of drug-likeness (QED) is 0.754. The molecular formula is C21H24N2S. The number of benzene rings is 2. The van der Waals surface area contributed by atoms with Gasteiger partial charge in [0.2, 0.25) is 0 Å². The predicted molar refractivity (Wildman–Crippen MR) is 105 cm³/mol. The van der Waals surface area contributed by atoms with E-state index in [0.29, 0.717) is 0 Å². The van der Waals surface area contributed by atoms with Crippen LogP contribution in [0, 0.1) is 6.92 Å². The van der Waals surface area contributed by atoms with Crippen molar-refractivity contribution >= 4 is 22.5 Å². The molecule has 1 N–H and O–H groups in total. The molecule has 3 heteroatoms. The average molecular weight is 337 g/mol. The SMILES string of the molecule is Cc1ccccc1CSC1=NC2(CCCCC2)Nc2ccccc21. The normalized spacial score (nSPS) is 18.6. The number of hydrogen-bond acceptors (Lipinski definition) is 3. The second-order valence-corrected chi connectivity index (χ2v) is 7.86. The van der Waals surface area contributed by atoms with Crippen molar-refractivity contribution in [2.45, 2.75) is 50.4 Å². The van der Waals surface area contributed by atoms with Crippen molar-refractivity contribution in [1.29, 1.82) is 0 Å². The summed E-state index contributed by atoms with van der Waals surface area (Å²) in [6, 6.07) is 17.3. The maximum Gasteiger partial charge on any atom is 0.130 e. The van der Waals surface area contributed by atoms with Gasteiger partial charge in [0.15, 0.2) is 0 Å². The summed E-state index contributed by atoms with van der Waals surface area (Å²) in [4.78, 5) is 5.23.